The van der Waals surface area contributed by atoms with E-state index in [0.717, 1.165) is 29.4 Å². The molecule has 0 aliphatic carbocycles. The van der Waals surface area contributed by atoms with Crippen molar-refractivity contribution in [3.63, 3.8) is 0 Å². The van der Waals surface area contributed by atoms with Crippen LogP contribution in [0.25, 0.3) is 0 Å². The van der Waals surface area contributed by atoms with Crippen LogP contribution in [0.2, 0.25) is 0 Å². The summed E-state index contributed by atoms with van der Waals surface area (Å²) in [5.74, 6) is 1.07. The molecule has 1 aromatic rings. The average Bonchev–Trinajstić information content (AvgIpc) is 2.41. The molecule has 1 aliphatic rings. The molecule has 0 unspecified atom stereocenters. The maximum atomic E-state index is 10.5. The molecule has 1 fully saturated rings. The number of nitro benzene ring substituents is 1. The van der Waals surface area contributed by atoms with E-state index in [0.29, 0.717) is 0 Å². The summed E-state index contributed by atoms with van der Waals surface area (Å²) in [5.41, 5.74) is 0.865. The number of hydrogen-bond donors (Lipinski definition) is 0. The summed E-state index contributed by atoms with van der Waals surface area (Å²) in [5, 5.41) is 19.6. The summed E-state index contributed by atoms with van der Waals surface area (Å²) in [6.07, 6.45) is 2.76. The van der Waals surface area contributed by atoms with Crippen molar-refractivity contribution in [1.82, 2.24) is 4.90 Å². The van der Waals surface area contributed by atoms with Crippen LogP contribution in [0, 0.1) is 10.1 Å². The minimum absolute atomic E-state index is 0.0750. The predicted molar refractivity (Wildman–Crippen MR) is 77.8 cm³/mol. The van der Waals surface area contributed by atoms with Gasteiger partial charge in [0.2, 0.25) is 0 Å². The third kappa shape index (κ3) is 3.78. The summed E-state index contributed by atoms with van der Waals surface area (Å²) in [7, 11) is 1.99. The molecule has 19 heavy (non-hydrogen) atoms. The highest BCUT2D eigenvalue weighted by atomic mass is 32.2. The van der Waals surface area contributed by atoms with Gasteiger partial charge in [0.25, 0.3) is 5.69 Å². The third-order valence-corrected chi connectivity index (χ3v) is 3.79. The summed E-state index contributed by atoms with van der Waals surface area (Å²) >= 11 is 1.69. The molecule has 0 amide bonds. The molecule has 1 saturated heterocycles. The van der Waals surface area contributed by atoms with Gasteiger partial charge in [-0.2, -0.15) is 5.10 Å². The zero-order chi connectivity index (χ0) is 13.7. The number of rotatable bonds is 3. The second-order valence-corrected chi connectivity index (χ2v) is 5.16. The lowest BCUT2D eigenvalue weighted by atomic mass is 10.2. The minimum atomic E-state index is -0.422. The Balaban J connectivity index is 2.02. The highest BCUT2D eigenvalue weighted by molar-refractivity contribution is 8.13. The van der Waals surface area contributed by atoms with E-state index in [4.69, 9.17) is 0 Å². The molecule has 0 bridgehead atoms. The lowest BCUT2D eigenvalue weighted by Gasteiger charge is -2.23. The van der Waals surface area contributed by atoms with E-state index in [1.807, 2.05) is 7.05 Å². The van der Waals surface area contributed by atoms with E-state index < -0.39 is 4.92 Å². The molecule has 1 heterocycles. The maximum Gasteiger partial charge on any atom is 0.269 e. The maximum absolute atomic E-state index is 10.5. The highest BCUT2D eigenvalue weighted by Gasteiger charge is 2.12. The number of non-ortho nitro benzene ring substituents is 1. The van der Waals surface area contributed by atoms with Crippen molar-refractivity contribution in [2.75, 3.05) is 19.3 Å². The van der Waals surface area contributed by atoms with Gasteiger partial charge in [-0.25, -0.2) is 0 Å². The SMILES string of the molecule is CN1CCCS/C1=N/N=C/c1ccc([N+](=O)[O-])cc1. The van der Waals surface area contributed by atoms with E-state index in [1.165, 1.54) is 12.1 Å². The Kier molecular flexibility index (Phi) is 4.51. The van der Waals surface area contributed by atoms with Crippen molar-refractivity contribution in [1.29, 1.82) is 0 Å². The topological polar surface area (TPSA) is 71.1 Å². The zero-order valence-corrected chi connectivity index (χ0v) is 11.3. The van der Waals surface area contributed by atoms with E-state index in [-0.39, 0.29) is 5.69 Å². The zero-order valence-electron chi connectivity index (χ0n) is 10.5. The van der Waals surface area contributed by atoms with E-state index in [1.54, 1.807) is 30.1 Å². The highest BCUT2D eigenvalue weighted by Crippen LogP contribution is 2.16. The molecule has 6 nitrogen and oxygen atoms in total. The van der Waals surface area contributed by atoms with Gasteiger partial charge < -0.3 is 4.90 Å². The van der Waals surface area contributed by atoms with Crippen LogP contribution in [0.4, 0.5) is 5.69 Å². The minimum Gasteiger partial charge on any atom is -0.353 e. The molecule has 0 N–H and O–H groups in total. The van der Waals surface area contributed by atoms with Gasteiger partial charge in [-0.3, -0.25) is 10.1 Å². The Morgan fingerprint density at radius 3 is 2.79 bits per heavy atom. The second-order valence-electron chi connectivity index (χ2n) is 4.10. The molecule has 2 rings (SSSR count). The number of hydrogen-bond acceptors (Lipinski definition) is 5. The van der Waals surface area contributed by atoms with Gasteiger partial charge >= 0.3 is 0 Å². The van der Waals surface area contributed by atoms with Crippen molar-refractivity contribution >= 4 is 28.8 Å². The number of benzene rings is 1. The summed E-state index contributed by atoms with van der Waals surface area (Å²) in [6, 6.07) is 6.21. The van der Waals surface area contributed by atoms with Gasteiger partial charge in [-0.15, -0.1) is 5.10 Å². The molecule has 0 spiro atoms. The fourth-order valence-electron chi connectivity index (χ4n) is 1.60. The lowest BCUT2D eigenvalue weighted by molar-refractivity contribution is -0.384. The smallest absolute Gasteiger partial charge is 0.269 e. The Labute approximate surface area is 115 Å². The van der Waals surface area contributed by atoms with Gasteiger partial charge in [-0.05, 0) is 24.1 Å². The molecular weight excluding hydrogens is 264 g/mol. The van der Waals surface area contributed by atoms with Crippen molar-refractivity contribution in [2.24, 2.45) is 10.2 Å². The van der Waals surface area contributed by atoms with Crippen LogP contribution in [0.5, 0.6) is 0 Å². The Bertz CT molecular complexity index is 513. The first-order valence-corrected chi connectivity index (χ1v) is 6.85. The van der Waals surface area contributed by atoms with Gasteiger partial charge in [0.15, 0.2) is 5.17 Å². The molecule has 7 heteroatoms. The van der Waals surface area contributed by atoms with Crippen LogP contribution in [-0.2, 0) is 0 Å². The van der Waals surface area contributed by atoms with Crippen LogP contribution >= 0.6 is 11.8 Å². The molecule has 0 saturated carbocycles. The van der Waals surface area contributed by atoms with Gasteiger partial charge in [0, 0.05) is 31.5 Å². The van der Waals surface area contributed by atoms with Gasteiger partial charge in [0.1, 0.15) is 0 Å². The van der Waals surface area contributed by atoms with Crippen LogP contribution in [0.3, 0.4) is 0 Å². The van der Waals surface area contributed by atoms with Crippen LogP contribution in [0.15, 0.2) is 34.5 Å². The Morgan fingerprint density at radius 2 is 2.16 bits per heavy atom. The van der Waals surface area contributed by atoms with E-state index >= 15 is 0 Å². The van der Waals surface area contributed by atoms with Gasteiger partial charge in [-0.1, -0.05) is 11.8 Å². The first-order chi connectivity index (χ1) is 9.16. The molecule has 1 aromatic carbocycles. The molecule has 0 atom stereocenters. The van der Waals surface area contributed by atoms with E-state index in [9.17, 15) is 10.1 Å². The van der Waals surface area contributed by atoms with Gasteiger partial charge in [0.05, 0.1) is 11.1 Å². The van der Waals surface area contributed by atoms with Crippen molar-refractivity contribution in [2.45, 2.75) is 6.42 Å². The lowest BCUT2D eigenvalue weighted by Crippen LogP contribution is -2.29. The first-order valence-electron chi connectivity index (χ1n) is 5.86. The van der Waals surface area contributed by atoms with Crippen LogP contribution < -0.4 is 0 Å². The normalized spacial score (nSPS) is 18.2. The summed E-state index contributed by atoms with van der Waals surface area (Å²) in [6.45, 7) is 0.999. The first kappa shape index (κ1) is 13.5. The van der Waals surface area contributed by atoms with E-state index in [2.05, 4.69) is 15.1 Å². The van der Waals surface area contributed by atoms with Crippen LogP contribution in [-0.4, -0.2) is 40.6 Å². The van der Waals surface area contributed by atoms with Crippen LogP contribution in [0.1, 0.15) is 12.0 Å². The van der Waals surface area contributed by atoms with Crippen molar-refractivity contribution in [3.05, 3.63) is 39.9 Å². The number of thioether (sulfide) groups is 1. The molecule has 1 aliphatic heterocycles. The largest absolute Gasteiger partial charge is 0.353 e. The number of nitro groups is 1. The van der Waals surface area contributed by atoms with Crippen molar-refractivity contribution < 1.29 is 4.92 Å². The number of nitrogens with zero attached hydrogens (tertiary/aromatic N) is 4. The monoisotopic (exact) mass is 278 g/mol. The molecular formula is C12H14N4O2S. The standard InChI is InChI=1S/C12H14N4O2S/c1-15-7-2-8-19-12(15)14-13-9-10-3-5-11(6-4-10)16(17)18/h3-6,9H,2,7-8H2,1H3/b13-9+,14-12+. The molecule has 100 valence electrons. The van der Waals surface area contributed by atoms with Crippen molar-refractivity contribution in [3.8, 4) is 0 Å². The quantitative estimate of drug-likeness (QED) is 0.483. The second kappa shape index (κ2) is 6.33. The fourth-order valence-corrected chi connectivity index (χ4v) is 2.48. The summed E-state index contributed by atoms with van der Waals surface area (Å²) in [4.78, 5) is 12.2. The third-order valence-electron chi connectivity index (χ3n) is 2.65. The summed E-state index contributed by atoms with van der Waals surface area (Å²) < 4.78 is 0. The fraction of sp³-hybridized carbons (Fsp3) is 0.333. The predicted octanol–water partition coefficient (Wildman–Crippen LogP) is 2.35. The Hall–Kier alpha value is -1.89. The molecule has 0 aromatic heterocycles. The Morgan fingerprint density at radius 1 is 1.42 bits per heavy atom. The number of amidine groups is 1. The average molecular weight is 278 g/mol. The molecule has 0 radical (unpaired) electrons.